The number of ether oxygens (including phenoxy) is 1. The highest BCUT2D eigenvalue weighted by atomic mass is 16.5. The molecule has 2 atom stereocenters. The van der Waals surface area contributed by atoms with Crippen LogP contribution in [0.15, 0.2) is 24.3 Å². The van der Waals surface area contributed by atoms with Gasteiger partial charge in [0.2, 0.25) is 5.91 Å². The maximum Gasteiger partial charge on any atom is 0.305 e. The topological polar surface area (TPSA) is 95.9 Å². The van der Waals surface area contributed by atoms with Gasteiger partial charge in [0.25, 0.3) is 0 Å². The molecule has 0 fully saturated rings. The van der Waals surface area contributed by atoms with Crippen molar-refractivity contribution in [3.63, 3.8) is 0 Å². The summed E-state index contributed by atoms with van der Waals surface area (Å²) in [6, 6.07) is -0.562. The van der Waals surface area contributed by atoms with Crippen LogP contribution in [0, 0.1) is 0 Å². The van der Waals surface area contributed by atoms with Gasteiger partial charge in [0.15, 0.2) is 0 Å². The molecule has 0 aliphatic heterocycles. The van der Waals surface area contributed by atoms with Crippen molar-refractivity contribution in [2.24, 2.45) is 0 Å². The van der Waals surface area contributed by atoms with Gasteiger partial charge in [-0.1, -0.05) is 199 Å². The van der Waals surface area contributed by atoms with Crippen LogP contribution in [0.1, 0.15) is 258 Å². The van der Waals surface area contributed by atoms with Crippen LogP contribution >= 0.6 is 0 Å². The van der Waals surface area contributed by atoms with E-state index in [0.29, 0.717) is 25.9 Å². The Labute approximate surface area is 348 Å². The highest BCUT2D eigenvalue weighted by Crippen LogP contribution is 2.16. The van der Waals surface area contributed by atoms with E-state index in [2.05, 4.69) is 43.5 Å². The van der Waals surface area contributed by atoms with Crippen LogP contribution in [0.5, 0.6) is 0 Å². The second kappa shape index (κ2) is 46.0. The molecule has 6 nitrogen and oxygen atoms in total. The number of esters is 1. The van der Waals surface area contributed by atoms with Gasteiger partial charge < -0.3 is 20.3 Å². The fourth-order valence-corrected chi connectivity index (χ4v) is 7.38. The first-order valence-electron chi connectivity index (χ1n) is 24.6. The van der Waals surface area contributed by atoms with Crippen LogP contribution < -0.4 is 5.32 Å². The minimum absolute atomic E-state index is 0.0424. The number of hydrogen-bond donors (Lipinski definition) is 3. The van der Waals surface area contributed by atoms with E-state index < -0.39 is 12.1 Å². The Morgan fingerprint density at radius 1 is 0.482 bits per heavy atom. The summed E-state index contributed by atoms with van der Waals surface area (Å²) in [5.41, 5.74) is 0. The van der Waals surface area contributed by atoms with Crippen LogP contribution in [0.25, 0.3) is 0 Å². The molecule has 0 rings (SSSR count). The summed E-state index contributed by atoms with van der Waals surface area (Å²) in [5, 5.41) is 23.2. The van der Waals surface area contributed by atoms with Crippen molar-refractivity contribution < 1.29 is 24.5 Å². The van der Waals surface area contributed by atoms with Crippen LogP contribution in [0.3, 0.4) is 0 Å². The van der Waals surface area contributed by atoms with E-state index in [1.165, 1.54) is 141 Å². The molecular weight excluding hydrogens is 695 g/mol. The van der Waals surface area contributed by atoms with Gasteiger partial charge in [0, 0.05) is 12.8 Å². The zero-order valence-corrected chi connectivity index (χ0v) is 37.4. The number of aliphatic hydroxyl groups excluding tert-OH is 2. The van der Waals surface area contributed by atoms with Crippen LogP contribution in [-0.4, -0.2) is 47.4 Å². The zero-order valence-electron chi connectivity index (χ0n) is 37.4. The maximum atomic E-state index is 12.4. The van der Waals surface area contributed by atoms with E-state index >= 15 is 0 Å². The summed E-state index contributed by atoms with van der Waals surface area (Å²) in [5.74, 6) is -0.107. The lowest BCUT2D eigenvalue weighted by molar-refractivity contribution is -0.143. The van der Waals surface area contributed by atoms with E-state index in [1.54, 1.807) is 0 Å². The lowest BCUT2D eigenvalue weighted by Gasteiger charge is -2.22. The van der Waals surface area contributed by atoms with Crippen molar-refractivity contribution in [3.8, 4) is 0 Å². The number of amides is 1. The number of carbonyl (C=O) groups excluding carboxylic acids is 2. The Balaban J connectivity index is 3.54. The molecule has 0 aromatic carbocycles. The Bertz CT molecular complexity index is 874. The molecule has 0 aliphatic rings. The van der Waals surface area contributed by atoms with Gasteiger partial charge in [-0.05, 0) is 70.6 Å². The molecule has 0 bridgehead atoms. The molecule has 6 heteroatoms. The standard InChI is InChI=1S/C50H95NO5/c1-3-5-7-9-11-13-15-16-17-18-19-20-23-26-30-34-38-42-48(53)47(46-52)51-49(54)43-39-35-31-27-24-21-25-29-33-37-41-45-56-50(55)44-40-36-32-28-22-14-12-10-8-6-4-2/h10,12,25,29,47-48,52-53H,3-9,11,13-24,26-28,30-46H2,1-2H3,(H,51,54)/b12-10-,29-25-. The number of rotatable bonds is 45. The van der Waals surface area contributed by atoms with Crippen molar-refractivity contribution in [2.75, 3.05) is 13.2 Å². The van der Waals surface area contributed by atoms with E-state index in [4.69, 9.17) is 4.74 Å². The molecule has 0 saturated heterocycles. The minimum Gasteiger partial charge on any atom is -0.466 e. The predicted octanol–water partition coefficient (Wildman–Crippen LogP) is 14.3. The monoisotopic (exact) mass is 790 g/mol. The number of hydrogen-bond acceptors (Lipinski definition) is 5. The third-order valence-corrected chi connectivity index (χ3v) is 11.2. The van der Waals surface area contributed by atoms with Crippen LogP contribution in [0.2, 0.25) is 0 Å². The lowest BCUT2D eigenvalue weighted by atomic mass is 10.0. The van der Waals surface area contributed by atoms with Crippen molar-refractivity contribution in [1.29, 1.82) is 0 Å². The molecule has 2 unspecified atom stereocenters. The van der Waals surface area contributed by atoms with Gasteiger partial charge in [-0.15, -0.1) is 0 Å². The molecule has 0 spiro atoms. The molecule has 0 aliphatic carbocycles. The van der Waals surface area contributed by atoms with E-state index in [9.17, 15) is 19.8 Å². The first kappa shape index (κ1) is 54.3. The largest absolute Gasteiger partial charge is 0.466 e. The minimum atomic E-state index is -0.682. The molecule has 3 N–H and O–H groups in total. The fourth-order valence-electron chi connectivity index (χ4n) is 7.38. The van der Waals surface area contributed by atoms with Gasteiger partial charge >= 0.3 is 5.97 Å². The third-order valence-electron chi connectivity index (χ3n) is 11.2. The lowest BCUT2D eigenvalue weighted by Crippen LogP contribution is -2.45. The first-order chi connectivity index (χ1) is 27.5. The summed E-state index contributed by atoms with van der Waals surface area (Å²) in [4.78, 5) is 24.4. The molecule has 56 heavy (non-hydrogen) atoms. The maximum absolute atomic E-state index is 12.4. The van der Waals surface area contributed by atoms with Gasteiger partial charge in [-0.2, -0.15) is 0 Å². The van der Waals surface area contributed by atoms with Crippen molar-refractivity contribution in [1.82, 2.24) is 5.32 Å². The van der Waals surface area contributed by atoms with Crippen LogP contribution in [0.4, 0.5) is 0 Å². The molecule has 330 valence electrons. The summed E-state index contributed by atoms with van der Waals surface area (Å²) in [6.07, 6.45) is 52.8. The fraction of sp³-hybridized carbons (Fsp3) is 0.880. The number of aliphatic hydroxyl groups is 2. The summed E-state index contributed by atoms with van der Waals surface area (Å²) >= 11 is 0. The van der Waals surface area contributed by atoms with Crippen molar-refractivity contribution in [3.05, 3.63) is 24.3 Å². The normalized spacial score (nSPS) is 12.9. The smallest absolute Gasteiger partial charge is 0.305 e. The van der Waals surface area contributed by atoms with Gasteiger partial charge in [-0.25, -0.2) is 0 Å². The average Bonchev–Trinajstić information content (AvgIpc) is 3.20. The SMILES string of the molecule is CCCC/C=C\CCCCCCCC(=O)OCCCC/C=C\CCCCCCCC(=O)NC(CO)C(O)CCCCCCCCCCCCCCCCCCC. The number of carbonyl (C=O) groups is 2. The van der Waals surface area contributed by atoms with Gasteiger partial charge in [-0.3, -0.25) is 9.59 Å². The quantitative estimate of drug-likeness (QED) is 0.0324. The Morgan fingerprint density at radius 2 is 0.857 bits per heavy atom. The van der Waals surface area contributed by atoms with E-state index in [1.807, 2.05) is 0 Å². The third kappa shape index (κ3) is 42.0. The molecule has 0 radical (unpaired) electrons. The molecule has 0 heterocycles. The number of nitrogens with one attached hydrogen (secondary N) is 1. The average molecular weight is 790 g/mol. The first-order valence-corrected chi connectivity index (χ1v) is 24.6. The second-order valence-electron chi connectivity index (χ2n) is 16.8. The molecule has 0 aromatic heterocycles. The highest BCUT2D eigenvalue weighted by Gasteiger charge is 2.20. The van der Waals surface area contributed by atoms with E-state index in [-0.39, 0.29) is 18.5 Å². The summed E-state index contributed by atoms with van der Waals surface area (Å²) in [7, 11) is 0. The number of allylic oxidation sites excluding steroid dienone is 4. The summed E-state index contributed by atoms with van der Waals surface area (Å²) in [6.45, 7) is 4.83. The molecule has 1 amide bonds. The molecule has 0 aromatic rings. The Morgan fingerprint density at radius 3 is 1.32 bits per heavy atom. The highest BCUT2D eigenvalue weighted by molar-refractivity contribution is 5.76. The molecular formula is C50H95NO5. The molecule has 0 saturated carbocycles. The second-order valence-corrected chi connectivity index (χ2v) is 16.8. The van der Waals surface area contributed by atoms with E-state index in [0.717, 1.165) is 83.5 Å². The van der Waals surface area contributed by atoms with Crippen LogP contribution in [-0.2, 0) is 14.3 Å². The Kier molecular flexibility index (Phi) is 44.7. The zero-order chi connectivity index (χ0) is 40.8. The Hall–Kier alpha value is -1.66. The van der Waals surface area contributed by atoms with Crippen molar-refractivity contribution >= 4 is 11.9 Å². The van der Waals surface area contributed by atoms with Crippen molar-refractivity contribution in [2.45, 2.75) is 270 Å². The predicted molar refractivity (Wildman–Crippen MR) is 241 cm³/mol. The number of unbranched alkanes of at least 4 members (excludes halogenated alkanes) is 30. The summed E-state index contributed by atoms with van der Waals surface area (Å²) < 4.78 is 5.41. The van der Waals surface area contributed by atoms with Gasteiger partial charge in [0.05, 0.1) is 25.4 Å². The van der Waals surface area contributed by atoms with Gasteiger partial charge in [0.1, 0.15) is 0 Å².